The van der Waals surface area contributed by atoms with E-state index >= 15 is 0 Å². The molecule has 4 nitrogen and oxygen atoms in total. The van der Waals surface area contributed by atoms with E-state index in [9.17, 15) is 0 Å². The average molecular weight is 308 g/mol. The molecule has 2 aromatic heterocycles. The van der Waals surface area contributed by atoms with Crippen molar-refractivity contribution < 1.29 is 0 Å². The fourth-order valence-corrected chi connectivity index (χ4v) is 4.11. The number of hydrogen-bond donors (Lipinski definition) is 0. The number of rotatable bonds is 5. The van der Waals surface area contributed by atoms with Crippen LogP contribution in [0.4, 0.5) is 5.82 Å². The highest BCUT2D eigenvalue weighted by atomic mass is 15.3. The van der Waals surface area contributed by atoms with Gasteiger partial charge in [0.25, 0.3) is 0 Å². The molecule has 120 valence electrons. The molecule has 0 aromatic carbocycles. The maximum atomic E-state index is 4.85. The summed E-state index contributed by atoms with van der Waals surface area (Å²) in [7, 11) is 0. The Bertz CT molecular complexity index is 721. The molecule has 2 aliphatic rings. The molecule has 1 saturated carbocycles. The summed E-state index contributed by atoms with van der Waals surface area (Å²) in [6.07, 6.45) is 7.01. The number of nitrogens with zero attached hydrogens (tertiary/aromatic N) is 4. The van der Waals surface area contributed by atoms with Crippen molar-refractivity contribution in [2.24, 2.45) is 17.8 Å². The number of aromatic nitrogens is 3. The van der Waals surface area contributed by atoms with Gasteiger partial charge in [0.1, 0.15) is 5.82 Å². The van der Waals surface area contributed by atoms with Crippen LogP contribution in [0.15, 0.2) is 31.1 Å². The van der Waals surface area contributed by atoms with Crippen molar-refractivity contribution in [2.75, 3.05) is 18.0 Å². The molecule has 0 N–H and O–H groups in total. The number of fused-ring (bicyclic) bond motifs is 1. The summed E-state index contributed by atoms with van der Waals surface area (Å²) in [5.74, 6) is 3.96. The zero-order valence-corrected chi connectivity index (χ0v) is 13.9. The molecule has 4 rings (SSSR count). The number of hydrogen-bond acceptors (Lipinski definition) is 3. The smallest absolute Gasteiger partial charge is 0.128 e. The van der Waals surface area contributed by atoms with E-state index in [1.165, 1.54) is 25.1 Å². The number of piperidine rings is 1. The molecule has 2 aromatic rings. The monoisotopic (exact) mass is 308 g/mol. The Morgan fingerprint density at radius 2 is 2.09 bits per heavy atom. The molecular formula is C19H24N4. The molecule has 2 fully saturated rings. The zero-order chi connectivity index (χ0) is 16.0. The van der Waals surface area contributed by atoms with Crippen molar-refractivity contribution in [3.05, 3.63) is 47.9 Å². The third-order valence-electron chi connectivity index (χ3n) is 5.57. The molecule has 0 bridgehead atoms. The van der Waals surface area contributed by atoms with Crippen molar-refractivity contribution in [1.29, 1.82) is 0 Å². The van der Waals surface area contributed by atoms with Crippen LogP contribution in [0, 0.1) is 24.7 Å². The molecule has 2 atom stereocenters. The second kappa shape index (κ2) is 5.52. The maximum Gasteiger partial charge on any atom is 0.128 e. The highest BCUT2D eigenvalue weighted by Gasteiger charge is 2.54. The standard InChI is InChI=1S/C19H24N4/c1-4-14-8-20-23(9-14)10-15-6-7-19(21-13(15)3)22-11-17-16(5-2)18(17)12-22/h4,6-9,16-18H,1,5,10-12H2,2-3H3. The first kappa shape index (κ1) is 14.5. The predicted molar refractivity (Wildman–Crippen MR) is 93.4 cm³/mol. The van der Waals surface area contributed by atoms with Gasteiger partial charge < -0.3 is 4.90 Å². The van der Waals surface area contributed by atoms with Crippen LogP contribution in [-0.4, -0.2) is 27.9 Å². The molecule has 1 aliphatic heterocycles. The van der Waals surface area contributed by atoms with Gasteiger partial charge in [0.15, 0.2) is 0 Å². The molecular weight excluding hydrogens is 284 g/mol. The SMILES string of the molecule is C=Cc1cnn(Cc2ccc(N3CC4C(CC)C4C3)nc2C)c1. The van der Waals surface area contributed by atoms with Gasteiger partial charge in [-0.2, -0.15) is 5.10 Å². The van der Waals surface area contributed by atoms with Gasteiger partial charge in [-0.25, -0.2) is 4.98 Å². The average Bonchev–Trinajstić information content (AvgIpc) is 2.94. The fraction of sp³-hybridized carbons (Fsp3) is 0.474. The highest BCUT2D eigenvalue weighted by molar-refractivity contribution is 5.45. The van der Waals surface area contributed by atoms with Gasteiger partial charge in [-0.3, -0.25) is 4.68 Å². The number of aryl methyl sites for hydroxylation is 1. The maximum absolute atomic E-state index is 4.85. The Balaban J connectivity index is 1.46. The Kier molecular flexibility index (Phi) is 3.47. The third kappa shape index (κ3) is 2.56. The summed E-state index contributed by atoms with van der Waals surface area (Å²) < 4.78 is 1.94. The minimum Gasteiger partial charge on any atom is -0.356 e. The fourth-order valence-electron chi connectivity index (χ4n) is 4.11. The van der Waals surface area contributed by atoms with E-state index in [1.807, 2.05) is 23.2 Å². The Morgan fingerprint density at radius 3 is 2.70 bits per heavy atom. The zero-order valence-electron chi connectivity index (χ0n) is 13.9. The first-order chi connectivity index (χ1) is 11.2. The van der Waals surface area contributed by atoms with Crippen molar-refractivity contribution in [2.45, 2.75) is 26.8 Å². The molecule has 0 radical (unpaired) electrons. The molecule has 2 unspecified atom stereocenters. The number of anilines is 1. The van der Waals surface area contributed by atoms with Crippen LogP contribution >= 0.6 is 0 Å². The van der Waals surface area contributed by atoms with E-state index in [0.29, 0.717) is 0 Å². The lowest BCUT2D eigenvalue weighted by atomic mass is 10.2. The summed E-state index contributed by atoms with van der Waals surface area (Å²) in [6.45, 7) is 11.3. The van der Waals surface area contributed by atoms with Gasteiger partial charge in [-0.1, -0.05) is 32.1 Å². The summed E-state index contributed by atoms with van der Waals surface area (Å²) >= 11 is 0. The number of pyridine rings is 1. The van der Waals surface area contributed by atoms with Gasteiger partial charge >= 0.3 is 0 Å². The van der Waals surface area contributed by atoms with Gasteiger partial charge in [0, 0.05) is 30.5 Å². The van der Waals surface area contributed by atoms with Crippen LogP contribution in [0.5, 0.6) is 0 Å². The molecule has 3 heterocycles. The van der Waals surface area contributed by atoms with E-state index in [-0.39, 0.29) is 0 Å². The second-order valence-electron chi connectivity index (χ2n) is 6.89. The summed E-state index contributed by atoms with van der Waals surface area (Å²) in [4.78, 5) is 7.31. The third-order valence-corrected chi connectivity index (χ3v) is 5.57. The van der Waals surface area contributed by atoms with E-state index < -0.39 is 0 Å². The van der Waals surface area contributed by atoms with Crippen LogP contribution in [0.3, 0.4) is 0 Å². The Hall–Kier alpha value is -2.10. The quantitative estimate of drug-likeness (QED) is 0.849. The lowest BCUT2D eigenvalue weighted by molar-refractivity contribution is 0.617. The minimum absolute atomic E-state index is 0.760. The molecule has 0 amide bonds. The molecule has 1 saturated heterocycles. The van der Waals surface area contributed by atoms with Crippen molar-refractivity contribution in [3.63, 3.8) is 0 Å². The molecule has 4 heteroatoms. The lowest BCUT2D eigenvalue weighted by Gasteiger charge is -2.21. The second-order valence-corrected chi connectivity index (χ2v) is 6.89. The van der Waals surface area contributed by atoms with Crippen LogP contribution in [0.1, 0.15) is 30.2 Å². The largest absolute Gasteiger partial charge is 0.356 e. The van der Waals surface area contributed by atoms with E-state index in [2.05, 4.69) is 42.6 Å². The van der Waals surface area contributed by atoms with Gasteiger partial charge in [0.05, 0.1) is 12.7 Å². The summed E-state index contributed by atoms with van der Waals surface area (Å²) in [5.41, 5.74) is 3.38. The normalized spacial score (nSPS) is 25.5. The molecule has 1 aliphatic carbocycles. The lowest BCUT2D eigenvalue weighted by Crippen LogP contribution is -2.25. The Labute approximate surface area is 137 Å². The molecule has 0 spiro atoms. The van der Waals surface area contributed by atoms with E-state index in [1.54, 1.807) is 0 Å². The summed E-state index contributed by atoms with van der Waals surface area (Å²) in [6, 6.07) is 4.38. The van der Waals surface area contributed by atoms with Gasteiger partial charge in [-0.05, 0) is 36.3 Å². The van der Waals surface area contributed by atoms with Crippen molar-refractivity contribution in [1.82, 2.24) is 14.8 Å². The topological polar surface area (TPSA) is 34.0 Å². The van der Waals surface area contributed by atoms with Crippen LogP contribution < -0.4 is 4.90 Å². The minimum atomic E-state index is 0.760. The first-order valence-electron chi connectivity index (χ1n) is 8.56. The predicted octanol–water partition coefficient (Wildman–Crippen LogP) is 3.37. The molecule has 23 heavy (non-hydrogen) atoms. The van der Waals surface area contributed by atoms with E-state index in [4.69, 9.17) is 4.98 Å². The van der Waals surface area contributed by atoms with Crippen LogP contribution in [-0.2, 0) is 6.54 Å². The van der Waals surface area contributed by atoms with Crippen molar-refractivity contribution >= 4 is 11.9 Å². The first-order valence-corrected chi connectivity index (χ1v) is 8.56. The Morgan fingerprint density at radius 1 is 1.30 bits per heavy atom. The van der Waals surface area contributed by atoms with Crippen molar-refractivity contribution in [3.8, 4) is 0 Å². The van der Waals surface area contributed by atoms with Crippen LogP contribution in [0.25, 0.3) is 6.08 Å². The van der Waals surface area contributed by atoms with Gasteiger partial charge in [0.2, 0.25) is 0 Å². The summed E-state index contributed by atoms with van der Waals surface area (Å²) in [5, 5.41) is 4.36. The van der Waals surface area contributed by atoms with E-state index in [0.717, 1.165) is 41.4 Å². The highest BCUT2D eigenvalue weighted by Crippen LogP contribution is 2.53. The van der Waals surface area contributed by atoms with Gasteiger partial charge in [-0.15, -0.1) is 0 Å². The van der Waals surface area contributed by atoms with Crippen LogP contribution in [0.2, 0.25) is 0 Å².